The summed E-state index contributed by atoms with van der Waals surface area (Å²) in [6, 6.07) is 40.9. The Hall–Kier alpha value is -8.84. The maximum atomic E-state index is 13.4. The van der Waals surface area contributed by atoms with Crippen LogP contribution in [0.4, 0.5) is 35.1 Å². The fourth-order valence-corrected chi connectivity index (χ4v) is 7.09. The van der Waals surface area contributed by atoms with Gasteiger partial charge in [-0.3, -0.25) is 0 Å². The summed E-state index contributed by atoms with van der Waals surface area (Å²) in [4.78, 5) is 12.4. The lowest BCUT2D eigenvalue weighted by atomic mass is 10.0. The van der Waals surface area contributed by atoms with Crippen molar-refractivity contribution in [1.82, 2.24) is 19.9 Å². The van der Waals surface area contributed by atoms with Crippen LogP contribution >= 0.6 is 0 Å². The summed E-state index contributed by atoms with van der Waals surface area (Å²) < 4.78 is 104. The Labute approximate surface area is 458 Å². The van der Waals surface area contributed by atoms with Crippen molar-refractivity contribution >= 4 is 0 Å². The molecule has 0 saturated heterocycles. The third kappa shape index (κ3) is 22.3. The number of rotatable bonds is 11. The molecule has 0 aliphatic heterocycles. The molecule has 0 radical (unpaired) electrons. The molecular weight excluding hydrogens is 1010 g/mol. The van der Waals surface area contributed by atoms with E-state index in [1.807, 2.05) is 84.9 Å². The third-order valence-electron chi connectivity index (χ3n) is 11.5. The quantitative estimate of drug-likeness (QED) is 0.0561. The maximum Gasteiger partial charge on any atom is 0.231 e. The molecule has 0 bridgehead atoms. The first kappa shape index (κ1) is 61.0. The van der Waals surface area contributed by atoms with E-state index in [0.29, 0.717) is 0 Å². The summed E-state index contributed by atoms with van der Waals surface area (Å²) in [5.74, 6) is 15.1. The predicted octanol–water partition coefficient (Wildman–Crippen LogP) is 16.0. The molecule has 0 N–H and O–H groups in total. The zero-order valence-electron chi connectivity index (χ0n) is 44.4. The zero-order chi connectivity index (χ0) is 56.8. The van der Waals surface area contributed by atoms with Crippen LogP contribution in [-0.4, -0.2) is 19.9 Å². The Morgan fingerprint density at radius 1 is 0.266 bits per heavy atom. The molecule has 0 unspecified atom stereocenters. The summed E-state index contributed by atoms with van der Waals surface area (Å²) in [5.41, 5.74) is 8.61. The van der Waals surface area contributed by atoms with Gasteiger partial charge in [-0.1, -0.05) is 156 Å². The standard InChI is InChI=1S/C19H19F2N.C17H15F2N.C16H13F2N.C15H11F2N/c1-2-3-4-5-6-15-7-9-16(10-8-15)11-12-17-13-14-18(20)22-19(17)21;1-2-3-4-13-5-7-14(8-6-13)9-10-15-11-12-16(18)20-17(15)19;1-2-3-12-4-6-13(7-5-12)8-9-14-10-11-15(17)19-16(14)18;1-2-11-3-5-12(6-4-11)7-8-13-9-10-14(16)18-15(13)17/h7-10,13-14H,2-6H2,1H3;5-8,11-12H,2-4H2,1H3;4-7,10-11H,2-3H2,1H3;3-6,9-10H,2H2,1H3. The van der Waals surface area contributed by atoms with E-state index in [0.717, 1.165) is 85.0 Å². The summed E-state index contributed by atoms with van der Waals surface area (Å²) in [5, 5.41) is 0. The van der Waals surface area contributed by atoms with Crippen molar-refractivity contribution in [3.63, 3.8) is 0 Å². The Balaban J connectivity index is 0.000000194. The lowest BCUT2D eigenvalue weighted by Crippen LogP contribution is -1.92. The minimum Gasteiger partial charge on any atom is -0.189 e. The molecule has 0 spiro atoms. The van der Waals surface area contributed by atoms with Crippen molar-refractivity contribution in [2.45, 2.75) is 98.3 Å². The van der Waals surface area contributed by atoms with Gasteiger partial charge in [0, 0.05) is 22.3 Å². The topological polar surface area (TPSA) is 51.6 Å². The van der Waals surface area contributed by atoms with Crippen LogP contribution in [0.5, 0.6) is 0 Å². The SMILES string of the molecule is CCCCCCc1ccc(C#Cc2ccc(F)nc2F)cc1.CCCCc1ccc(C#Cc2ccc(F)nc2F)cc1.CCCc1ccc(C#Cc2ccc(F)nc2F)cc1.CCc1ccc(C#Cc2ccc(F)nc2F)cc1. The van der Waals surface area contributed by atoms with Gasteiger partial charge in [0.1, 0.15) is 0 Å². The lowest BCUT2D eigenvalue weighted by Gasteiger charge is -2.01. The van der Waals surface area contributed by atoms with Gasteiger partial charge < -0.3 is 0 Å². The number of halogens is 8. The van der Waals surface area contributed by atoms with Crippen molar-refractivity contribution in [1.29, 1.82) is 0 Å². The number of unbranched alkanes of at least 4 members (excludes halogenated alkanes) is 4. The molecule has 12 heteroatoms. The Morgan fingerprint density at radius 3 is 0.810 bits per heavy atom. The highest BCUT2D eigenvalue weighted by Crippen LogP contribution is 2.13. The molecule has 4 heterocycles. The van der Waals surface area contributed by atoms with Crippen LogP contribution in [0.25, 0.3) is 0 Å². The number of pyridine rings is 4. The van der Waals surface area contributed by atoms with Crippen LogP contribution in [0.3, 0.4) is 0 Å². The number of aromatic nitrogens is 4. The summed E-state index contributed by atoms with van der Waals surface area (Å²) in [6.07, 6.45) is 12.5. The minimum absolute atomic E-state index is 0.0935. The Kier molecular flexibility index (Phi) is 25.8. The largest absolute Gasteiger partial charge is 0.231 e. The lowest BCUT2D eigenvalue weighted by molar-refractivity contribution is 0.510. The van der Waals surface area contributed by atoms with Gasteiger partial charge in [-0.15, -0.1) is 0 Å². The monoisotopic (exact) mass is 1070 g/mol. The third-order valence-corrected chi connectivity index (χ3v) is 11.5. The van der Waals surface area contributed by atoms with Crippen LogP contribution in [-0.2, 0) is 25.7 Å². The zero-order valence-corrected chi connectivity index (χ0v) is 44.4. The van der Waals surface area contributed by atoms with Crippen LogP contribution < -0.4 is 0 Å². The van der Waals surface area contributed by atoms with E-state index in [2.05, 4.69) is 107 Å². The molecule has 0 fully saturated rings. The van der Waals surface area contributed by atoms with E-state index < -0.39 is 47.6 Å². The molecule has 4 aromatic carbocycles. The number of nitrogens with zero attached hydrogens (tertiary/aromatic N) is 4. The van der Waals surface area contributed by atoms with Gasteiger partial charge in [0.2, 0.25) is 47.6 Å². The molecule has 0 aliphatic rings. The Morgan fingerprint density at radius 2 is 0.544 bits per heavy atom. The molecule has 4 nitrogen and oxygen atoms in total. The van der Waals surface area contributed by atoms with Crippen molar-refractivity contribution in [2.24, 2.45) is 0 Å². The summed E-state index contributed by atoms with van der Waals surface area (Å²) >= 11 is 0. The highest BCUT2D eigenvalue weighted by atomic mass is 19.2. The van der Waals surface area contributed by atoms with E-state index in [9.17, 15) is 35.1 Å². The van der Waals surface area contributed by atoms with Gasteiger partial charge in [-0.25, -0.2) is 0 Å². The van der Waals surface area contributed by atoms with Crippen LogP contribution in [0, 0.1) is 94.9 Å². The van der Waals surface area contributed by atoms with Gasteiger partial charge >= 0.3 is 0 Å². The number of hydrogen-bond acceptors (Lipinski definition) is 4. The summed E-state index contributed by atoms with van der Waals surface area (Å²) in [7, 11) is 0. The van der Waals surface area contributed by atoms with Crippen molar-refractivity contribution in [3.05, 3.63) is 260 Å². The molecule has 79 heavy (non-hydrogen) atoms. The van der Waals surface area contributed by atoms with E-state index >= 15 is 0 Å². The van der Waals surface area contributed by atoms with Crippen LogP contribution in [0.1, 0.15) is 139 Å². The average molecular weight is 1070 g/mol. The first-order chi connectivity index (χ1) is 38.2. The van der Waals surface area contributed by atoms with E-state index in [-0.39, 0.29) is 22.3 Å². The van der Waals surface area contributed by atoms with Gasteiger partial charge in [0.25, 0.3) is 0 Å². The predicted molar refractivity (Wildman–Crippen MR) is 296 cm³/mol. The van der Waals surface area contributed by atoms with Gasteiger partial charge in [-0.05, 0) is 158 Å². The van der Waals surface area contributed by atoms with E-state index in [1.54, 1.807) is 0 Å². The highest BCUT2D eigenvalue weighted by molar-refractivity contribution is 5.46. The molecule has 0 aliphatic carbocycles. The molecule has 8 aromatic rings. The molecule has 0 saturated carbocycles. The Bertz CT molecular complexity index is 3460. The summed E-state index contributed by atoms with van der Waals surface area (Å²) in [6.45, 7) is 8.55. The first-order valence-electron chi connectivity index (χ1n) is 26.0. The number of hydrogen-bond donors (Lipinski definition) is 0. The van der Waals surface area contributed by atoms with Crippen LogP contribution in [0.2, 0.25) is 0 Å². The van der Waals surface area contributed by atoms with Crippen molar-refractivity contribution in [2.75, 3.05) is 0 Å². The minimum atomic E-state index is -0.882. The van der Waals surface area contributed by atoms with Crippen molar-refractivity contribution in [3.8, 4) is 47.4 Å². The molecular formula is C67H58F8N4. The average Bonchev–Trinajstić information content (AvgIpc) is 3.44. The molecule has 402 valence electrons. The number of benzene rings is 4. The first-order valence-corrected chi connectivity index (χ1v) is 26.0. The van der Waals surface area contributed by atoms with Gasteiger partial charge in [-0.2, -0.15) is 55.1 Å². The smallest absolute Gasteiger partial charge is 0.189 e. The van der Waals surface area contributed by atoms with Crippen molar-refractivity contribution < 1.29 is 35.1 Å². The van der Waals surface area contributed by atoms with Gasteiger partial charge in [0.15, 0.2) is 0 Å². The second-order valence-corrected chi connectivity index (χ2v) is 17.7. The molecule has 0 amide bonds. The maximum absolute atomic E-state index is 13.4. The fraction of sp³-hybridized carbons (Fsp3) is 0.224. The van der Waals surface area contributed by atoms with Gasteiger partial charge in [0.05, 0.1) is 22.3 Å². The van der Waals surface area contributed by atoms with E-state index in [4.69, 9.17) is 0 Å². The molecule has 8 rings (SSSR count). The molecule has 0 atom stereocenters. The number of aryl methyl sites for hydroxylation is 4. The van der Waals surface area contributed by atoms with Crippen LogP contribution in [0.15, 0.2) is 146 Å². The second kappa shape index (κ2) is 33.3. The second-order valence-electron chi connectivity index (χ2n) is 17.7. The molecule has 4 aromatic heterocycles. The highest BCUT2D eigenvalue weighted by Gasteiger charge is 2.06. The fourth-order valence-electron chi connectivity index (χ4n) is 7.09. The normalized spacial score (nSPS) is 9.92. The van der Waals surface area contributed by atoms with E-state index in [1.165, 1.54) is 78.6 Å².